The predicted molar refractivity (Wildman–Crippen MR) is 170 cm³/mol. The number of carbonyl (C=O) groups excluding carboxylic acids is 1. The molecule has 0 saturated heterocycles. The highest BCUT2D eigenvalue weighted by Crippen LogP contribution is 2.29. The lowest BCUT2D eigenvalue weighted by atomic mass is 9.98. The Morgan fingerprint density at radius 1 is 0.844 bits per heavy atom. The van der Waals surface area contributed by atoms with Crippen LogP contribution in [0.1, 0.15) is 23.6 Å². The van der Waals surface area contributed by atoms with Gasteiger partial charge < -0.3 is 19.2 Å². The van der Waals surface area contributed by atoms with E-state index >= 15 is 0 Å². The maximum absolute atomic E-state index is 13.8. The van der Waals surface area contributed by atoms with Crippen LogP contribution < -0.4 is 10.9 Å². The Kier molecular flexibility index (Phi) is 10.3. The van der Waals surface area contributed by atoms with E-state index in [-0.39, 0.29) is 13.2 Å². The Balaban J connectivity index is 1.23. The van der Waals surface area contributed by atoms with Crippen molar-refractivity contribution in [2.75, 3.05) is 18.5 Å². The van der Waals surface area contributed by atoms with Crippen LogP contribution in [0, 0.1) is 0 Å². The molecule has 0 spiro atoms. The number of alkyl halides is 2. The monoisotopic (exact) mass is 612 g/mol. The van der Waals surface area contributed by atoms with Crippen molar-refractivity contribution in [1.29, 1.82) is 0 Å². The number of rotatable bonds is 13. The first kappa shape index (κ1) is 31.6. The number of halogens is 2. The number of ether oxygens (including phenoxy) is 3. The average Bonchev–Trinajstić information content (AvgIpc) is 3.03. The van der Waals surface area contributed by atoms with Crippen LogP contribution in [0.5, 0.6) is 0 Å². The number of amides is 1. The van der Waals surface area contributed by atoms with Crippen LogP contribution >= 0.6 is 0 Å². The second-order valence-electron chi connectivity index (χ2n) is 10.9. The third-order valence-corrected chi connectivity index (χ3v) is 7.04. The molecule has 1 aromatic heterocycles. The SMILES string of the molecule is CC(F)(F)Cc1ccccc1-c1cc2ccc(NC(=O)OC[C@@H](COCc3ccccc3)OCc3ccccc3)cc2c(=O)[nH]1. The van der Waals surface area contributed by atoms with E-state index in [9.17, 15) is 18.4 Å². The topological polar surface area (TPSA) is 89.7 Å². The summed E-state index contributed by atoms with van der Waals surface area (Å²) < 4.78 is 44.9. The highest BCUT2D eigenvalue weighted by Gasteiger charge is 2.23. The molecular weight excluding hydrogens is 578 g/mol. The summed E-state index contributed by atoms with van der Waals surface area (Å²) in [4.78, 5) is 28.6. The van der Waals surface area contributed by atoms with E-state index in [1.807, 2.05) is 60.7 Å². The van der Waals surface area contributed by atoms with Gasteiger partial charge in [0, 0.05) is 28.8 Å². The molecule has 45 heavy (non-hydrogen) atoms. The van der Waals surface area contributed by atoms with E-state index in [0.717, 1.165) is 18.1 Å². The van der Waals surface area contributed by atoms with Crippen LogP contribution in [0.2, 0.25) is 0 Å². The molecule has 5 rings (SSSR count). The van der Waals surface area contributed by atoms with Gasteiger partial charge in [0.25, 0.3) is 5.56 Å². The van der Waals surface area contributed by atoms with E-state index < -0.39 is 30.1 Å². The molecule has 232 valence electrons. The van der Waals surface area contributed by atoms with E-state index in [0.29, 0.717) is 46.5 Å². The lowest BCUT2D eigenvalue weighted by Crippen LogP contribution is -2.28. The number of aromatic amines is 1. The molecule has 0 aliphatic heterocycles. The lowest BCUT2D eigenvalue weighted by molar-refractivity contribution is -0.0549. The van der Waals surface area contributed by atoms with Crippen molar-refractivity contribution in [2.24, 2.45) is 0 Å². The molecule has 0 unspecified atom stereocenters. The largest absolute Gasteiger partial charge is 0.446 e. The molecule has 0 aliphatic rings. The van der Waals surface area contributed by atoms with Gasteiger partial charge in [-0.1, -0.05) is 91.0 Å². The third kappa shape index (κ3) is 9.31. The number of benzene rings is 4. The third-order valence-electron chi connectivity index (χ3n) is 7.04. The molecule has 0 aliphatic carbocycles. The second-order valence-corrected chi connectivity index (χ2v) is 10.9. The summed E-state index contributed by atoms with van der Waals surface area (Å²) in [5.41, 5.74) is 3.33. The van der Waals surface area contributed by atoms with Gasteiger partial charge in [0.2, 0.25) is 5.92 Å². The fourth-order valence-electron chi connectivity index (χ4n) is 4.89. The number of carbonyl (C=O) groups is 1. The van der Waals surface area contributed by atoms with Crippen LogP contribution in [0.15, 0.2) is 114 Å². The summed E-state index contributed by atoms with van der Waals surface area (Å²) in [6.45, 7) is 1.74. The predicted octanol–water partition coefficient (Wildman–Crippen LogP) is 7.74. The van der Waals surface area contributed by atoms with Crippen LogP contribution in [-0.4, -0.2) is 36.3 Å². The van der Waals surface area contributed by atoms with Crippen LogP contribution in [-0.2, 0) is 33.8 Å². The minimum absolute atomic E-state index is 0.0544. The molecule has 2 N–H and O–H groups in total. The quantitative estimate of drug-likeness (QED) is 0.142. The maximum Gasteiger partial charge on any atom is 0.411 e. The number of aromatic nitrogens is 1. The smallest absolute Gasteiger partial charge is 0.411 e. The molecule has 0 saturated carbocycles. The number of fused-ring (bicyclic) bond motifs is 1. The molecule has 0 fully saturated rings. The molecule has 1 atom stereocenters. The van der Waals surface area contributed by atoms with Crippen molar-refractivity contribution < 1.29 is 27.8 Å². The van der Waals surface area contributed by atoms with Crippen LogP contribution in [0.4, 0.5) is 19.3 Å². The van der Waals surface area contributed by atoms with Crippen molar-refractivity contribution in [2.45, 2.75) is 38.6 Å². The fourth-order valence-corrected chi connectivity index (χ4v) is 4.89. The number of hydrogen-bond donors (Lipinski definition) is 2. The summed E-state index contributed by atoms with van der Waals surface area (Å²) >= 11 is 0. The zero-order chi connectivity index (χ0) is 31.6. The molecular formula is C36H34F2N2O5. The zero-order valence-corrected chi connectivity index (χ0v) is 24.8. The number of nitrogens with one attached hydrogen (secondary N) is 2. The first-order valence-corrected chi connectivity index (χ1v) is 14.6. The van der Waals surface area contributed by atoms with Gasteiger partial charge in [0.1, 0.15) is 12.7 Å². The van der Waals surface area contributed by atoms with E-state index in [4.69, 9.17) is 14.2 Å². The Labute approximate surface area is 259 Å². The Morgan fingerprint density at radius 2 is 1.51 bits per heavy atom. The number of H-pyrrole nitrogens is 1. The maximum atomic E-state index is 13.8. The number of anilines is 1. The first-order chi connectivity index (χ1) is 21.7. The minimum atomic E-state index is -2.90. The highest BCUT2D eigenvalue weighted by molar-refractivity contribution is 5.92. The molecule has 0 radical (unpaired) electrons. The Morgan fingerprint density at radius 3 is 2.22 bits per heavy atom. The summed E-state index contributed by atoms with van der Waals surface area (Å²) in [5.74, 6) is -2.90. The summed E-state index contributed by atoms with van der Waals surface area (Å²) in [7, 11) is 0. The Bertz CT molecular complexity index is 1770. The van der Waals surface area contributed by atoms with Gasteiger partial charge in [-0.3, -0.25) is 10.1 Å². The fraction of sp³-hybridized carbons (Fsp3) is 0.222. The van der Waals surface area contributed by atoms with E-state index in [1.54, 1.807) is 42.5 Å². The molecule has 1 heterocycles. The number of hydrogen-bond acceptors (Lipinski definition) is 5. The van der Waals surface area contributed by atoms with Gasteiger partial charge in [-0.25, -0.2) is 13.6 Å². The lowest BCUT2D eigenvalue weighted by Gasteiger charge is -2.19. The van der Waals surface area contributed by atoms with Gasteiger partial charge in [-0.05, 0) is 47.2 Å². The molecule has 5 aromatic rings. The standard InChI is InChI=1S/C36H34F2N2O5/c1-36(37,38)20-28-14-8-9-15-31(28)33-18-27-16-17-29(19-32(27)34(41)40-33)39-35(42)45-24-30(44-22-26-12-6-3-7-13-26)23-43-21-25-10-4-2-5-11-25/h2-19,30H,20-24H2,1H3,(H,39,42)(H,40,41)/t30-/m1/s1. The van der Waals surface area contributed by atoms with Gasteiger partial charge in [-0.15, -0.1) is 0 Å². The molecule has 9 heteroatoms. The van der Waals surface area contributed by atoms with Crippen molar-refractivity contribution >= 4 is 22.6 Å². The second kappa shape index (κ2) is 14.7. The molecule has 0 bridgehead atoms. The highest BCUT2D eigenvalue weighted by atomic mass is 19.3. The first-order valence-electron chi connectivity index (χ1n) is 14.6. The van der Waals surface area contributed by atoms with E-state index in [1.165, 1.54) is 6.07 Å². The van der Waals surface area contributed by atoms with Crippen molar-refractivity contribution in [3.63, 3.8) is 0 Å². The Hall–Kier alpha value is -4.86. The normalized spacial score (nSPS) is 12.2. The summed E-state index contributed by atoms with van der Waals surface area (Å²) in [6.07, 6.45) is -1.69. The van der Waals surface area contributed by atoms with Gasteiger partial charge in [0.15, 0.2) is 0 Å². The average molecular weight is 613 g/mol. The minimum Gasteiger partial charge on any atom is -0.446 e. The molecule has 4 aromatic carbocycles. The van der Waals surface area contributed by atoms with E-state index in [2.05, 4.69) is 10.3 Å². The van der Waals surface area contributed by atoms with Gasteiger partial charge in [-0.2, -0.15) is 0 Å². The molecule has 7 nitrogen and oxygen atoms in total. The van der Waals surface area contributed by atoms with Gasteiger partial charge >= 0.3 is 6.09 Å². The summed E-state index contributed by atoms with van der Waals surface area (Å²) in [6, 6.07) is 32.8. The van der Waals surface area contributed by atoms with Crippen molar-refractivity contribution in [1.82, 2.24) is 4.98 Å². The summed E-state index contributed by atoms with van der Waals surface area (Å²) in [5, 5.41) is 3.58. The number of pyridine rings is 1. The van der Waals surface area contributed by atoms with Crippen molar-refractivity contribution in [3.8, 4) is 11.3 Å². The van der Waals surface area contributed by atoms with Crippen LogP contribution in [0.25, 0.3) is 22.0 Å². The van der Waals surface area contributed by atoms with Crippen LogP contribution in [0.3, 0.4) is 0 Å². The van der Waals surface area contributed by atoms with Crippen molar-refractivity contribution in [3.05, 3.63) is 136 Å². The zero-order valence-electron chi connectivity index (χ0n) is 24.8. The van der Waals surface area contributed by atoms with Gasteiger partial charge in [0.05, 0.1) is 19.8 Å². The molecule has 1 amide bonds.